The monoisotopic (exact) mass is 496 g/mol. The summed E-state index contributed by atoms with van der Waals surface area (Å²) in [6, 6.07) is 7.89. The molecule has 0 aliphatic carbocycles. The lowest BCUT2D eigenvalue weighted by molar-refractivity contribution is -0.121. The van der Waals surface area contributed by atoms with Gasteiger partial charge in [0.15, 0.2) is 9.84 Å². The summed E-state index contributed by atoms with van der Waals surface area (Å²) in [5.74, 6) is -2.04. The lowest BCUT2D eigenvalue weighted by Gasteiger charge is -2.38. The van der Waals surface area contributed by atoms with Gasteiger partial charge in [-0.05, 0) is 56.7 Å². The van der Waals surface area contributed by atoms with Crippen molar-refractivity contribution in [3.05, 3.63) is 53.3 Å². The van der Waals surface area contributed by atoms with Gasteiger partial charge in [0.2, 0.25) is 5.91 Å². The maximum atomic E-state index is 14.7. The first-order chi connectivity index (χ1) is 15.7. The van der Waals surface area contributed by atoms with Crippen LogP contribution in [0.5, 0.6) is 5.75 Å². The van der Waals surface area contributed by atoms with Crippen molar-refractivity contribution in [3.63, 3.8) is 0 Å². The topological polar surface area (TPSA) is 92.8 Å². The van der Waals surface area contributed by atoms with Gasteiger partial charge in [0.1, 0.15) is 18.2 Å². The van der Waals surface area contributed by atoms with E-state index in [1.54, 1.807) is 20.8 Å². The number of halogens is 3. The number of hydrogen-bond donors (Lipinski definition) is 1. The fraction of sp³-hybridized carbons (Fsp3) is 0.391. The predicted molar refractivity (Wildman–Crippen MR) is 119 cm³/mol. The molecule has 0 unspecified atom stereocenters. The van der Waals surface area contributed by atoms with Crippen LogP contribution in [0.4, 0.5) is 24.5 Å². The highest BCUT2D eigenvalue weighted by Gasteiger charge is 2.47. The molecule has 1 saturated heterocycles. The molecule has 0 bridgehead atoms. The van der Waals surface area contributed by atoms with Gasteiger partial charge >= 0.3 is 0 Å². The Morgan fingerprint density at radius 2 is 1.79 bits per heavy atom. The molecule has 11 heteroatoms. The number of hydrogen-bond acceptors (Lipinski definition) is 5. The Balaban J connectivity index is 1.67. The maximum absolute atomic E-state index is 14.7. The molecule has 1 N–H and O–H groups in total. The SMILES string of the molecule is CC1(NC(=O)c2ccc3c(c2)C(C)(C)C(=O)N3c2cc(OCC(F)F)ccc2F)CS(=O)(=O)C1. The van der Waals surface area contributed by atoms with Gasteiger partial charge in [-0.1, -0.05) is 0 Å². The summed E-state index contributed by atoms with van der Waals surface area (Å²) in [6.07, 6.45) is -2.71. The van der Waals surface area contributed by atoms with Crippen LogP contribution >= 0.6 is 0 Å². The zero-order chi connectivity index (χ0) is 25.1. The number of nitrogens with zero attached hydrogens (tertiary/aromatic N) is 1. The number of carbonyl (C=O) groups is 2. The number of alkyl halides is 2. The summed E-state index contributed by atoms with van der Waals surface area (Å²) in [6.45, 7) is 4.02. The Morgan fingerprint density at radius 1 is 1.12 bits per heavy atom. The summed E-state index contributed by atoms with van der Waals surface area (Å²) in [5.41, 5.74) is -1.12. The van der Waals surface area contributed by atoms with Gasteiger partial charge in [0, 0.05) is 11.6 Å². The van der Waals surface area contributed by atoms with Crippen LogP contribution in [0.25, 0.3) is 0 Å². The lowest BCUT2D eigenvalue weighted by Crippen LogP contribution is -2.63. The number of carbonyl (C=O) groups excluding carboxylic acids is 2. The van der Waals surface area contributed by atoms with Crippen LogP contribution in [-0.4, -0.2) is 50.3 Å². The first-order valence-electron chi connectivity index (χ1n) is 10.4. The Kier molecular flexibility index (Phi) is 5.66. The van der Waals surface area contributed by atoms with Gasteiger partial charge in [0.25, 0.3) is 12.3 Å². The second kappa shape index (κ2) is 8.00. The molecule has 0 saturated carbocycles. The lowest BCUT2D eigenvalue weighted by atomic mass is 9.85. The summed E-state index contributed by atoms with van der Waals surface area (Å²) in [5, 5.41) is 2.72. The highest BCUT2D eigenvalue weighted by Crippen LogP contribution is 2.47. The van der Waals surface area contributed by atoms with Crippen molar-refractivity contribution in [2.45, 2.75) is 38.2 Å². The molecule has 0 atom stereocenters. The highest BCUT2D eigenvalue weighted by atomic mass is 32.2. The molecular weight excluding hydrogens is 473 g/mol. The number of benzene rings is 2. The van der Waals surface area contributed by atoms with E-state index in [0.29, 0.717) is 11.3 Å². The minimum absolute atomic E-state index is 0.0181. The van der Waals surface area contributed by atoms with E-state index in [1.807, 2.05) is 0 Å². The van der Waals surface area contributed by atoms with Crippen molar-refractivity contribution in [3.8, 4) is 5.75 Å². The fourth-order valence-corrected chi connectivity index (χ4v) is 6.38. The normalized spacial score (nSPS) is 19.5. The van der Waals surface area contributed by atoms with Crippen LogP contribution in [0.1, 0.15) is 36.7 Å². The Bertz CT molecular complexity index is 1280. The molecule has 2 aromatic carbocycles. The van der Waals surface area contributed by atoms with Gasteiger partial charge in [-0.2, -0.15) is 0 Å². The number of ether oxygens (including phenoxy) is 1. The molecule has 2 aromatic rings. The second-order valence-electron chi connectivity index (χ2n) is 9.36. The summed E-state index contributed by atoms with van der Waals surface area (Å²) in [4.78, 5) is 27.2. The van der Waals surface area contributed by atoms with E-state index in [0.717, 1.165) is 11.0 Å². The fourth-order valence-electron chi connectivity index (χ4n) is 4.38. The number of rotatable bonds is 6. The van der Waals surface area contributed by atoms with Crippen LogP contribution in [0.2, 0.25) is 0 Å². The summed E-state index contributed by atoms with van der Waals surface area (Å²) in [7, 11) is -3.16. The average Bonchev–Trinajstić information content (AvgIpc) is 2.91. The first-order valence-corrected chi connectivity index (χ1v) is 12.3. The molecule has 182 valence electrons. The van der Waals surface area contributed by atoms with Crippen LogP contribution in [0.3, 0.4) is 0 Å². The van der Waals surface area contributed by atoms with Gasteiger partial charge in [0.05, 0.1) is 33.8 Å². The molecule has 0 spiro atoms. The van der Waals surface area contributed by atoms with Crippen LogP contribution < -0.4 is 15.0 Å². The zero-order valence-corrected chi connectivity index (χ0v) is 19.5. The van der Waals surface area contributed by atoms with Crippen LogP contribution in [0.15, 0.2) is 36.4 Å². The van der Waals surface area contributed by atoms with E-state index in [9.17, 15) is 31.2 Å². The Hall–Kier alpha value is -3.08. The van der Waals surface area contributed by atoms with Crippen molar-refractivity contribution in [2.24, 2.45) is 0 Å². The molecule has 2 aliphatic heterocycles. The van der Waals surface area contributed by atoms with Crippen LogP contribution in [0, 0.1) is 5.82 Å². The molecule has 4 rings (SSSR count). The second-order valence-corrected chi connectivity index (χ2v) is 11.4. The number of amides is 2. The predicted octanol–water partition coefficient (Wildman–Crippen LogP) is 3.34. The third-order valence-electron chi connectivity index (χ3n) is 5.94. The number of sulfone groups is 1. The van der Waals surface area contributed by atoms with E-state index in [2.05, 4.69) is 5.32 Å². The minimum Gasteiger partial charge on any atom is -0.488 e. The summed E-state index contributed by atoms with van der Waals surface area (Å²) < 4.78 is 67.8. The smallest absolute Gasteiger partial charge is 0.272 e. The Morgan fingerprint density at radius 3 is 2.41 bits per heavy atom. The third-order valence-corrected chi connectivity index (χ3v) is 8.09. The standard InChI is InChI=1S/C23H23F3N2O5S/c1-22(2)15-8-13(20(29)27-23(3)11-34(31,32)12-23)4-7-17(15)28(21(22)30)18-9-14(5-6-16(18)24)33-10-19(25)26/h4-9,19H,10-12H2,1-3H3,(H,27,29). The molecule has 1 fully saturated rings. The molecule has 0 aromatic heterocycles. The molecule has 2 amide bonds. The number of nitrogens with one attached hydrogen (secondary N) is 1. The number of fused-ring (bicyclic) bond motifs is 1. The molecule has 2 heterocycles. The molecule has 0 radical (unpaired) electrons. The van der Waals surface area contributed by atoms with Crippen molar-refractivity contribution in [1.82, 2.24) is 5.32 Å². The van der Waals surface area contributed by atoms with Gasteiger partial charge < -0.3 is 10.1 Å². The maximum Gasteiger partial charge on any atom is 0.272 e. The molecule has 2 aliphatic rings. The third kappa shape index (κ3) is 4.24. The van der Waals surface area contributed by atoms with Crippen molar-refractivity contribution < 1.29 is 35.9 Å². The molecule has 34 heavy (non-hydrogen) atoms. The molecule has 7 nitrogen and oxygen atoms in total. The van der Waals surface area contributed by atoms with E-state index >= 15 is 0 Å². The van der Waals surface area contributed by atoms with Crippen molar-refractivity contribution in [1.29, 1.82) is 0 Å². The summed E-state index contributed by atoms with van der Waals surface area (Å²) >= 11 is 0. The Labute approximate surface area is 194 Å². The van der Waals surface area contributed by atoms with E-state index < -0.39 is 51.5 Å². The van der Waals surface area contributed by atoms with Crippen molar-refractivity contribution in [2.75, 3.05) is 23.0 Å². The molecular formula is C23H23F3N2O5S. The van der Waals surface area contributed by atoms with Crippen LogP contribution in [-0.2, 0) is 20.0 Å². The quantitative estimate of drug-likeness (QED) is 0.662. The highest BCUT2D eigenvalue weighted by molar-refractivity contribution is 7.93. The van der Waals surface area contributed by atoms with E-state index in [-0.39, 0.29) is 28.5 Å². The largest absolute Gasteiger partial charge is 0.488 e. The first kappa shape index (κ1) is 24.1. The number of anilines is 2. The minimum atomic E-state index is -3.16. The van der Waals surface area contributed by atoms with E-state index in [1.165, 1.54) is 30.3 Å². The average molecular weight is 497 g/mol. The van der Waals surface area contributed by atoms with Gasteiger partial charge in [-0.3, -0.25) is 14.5 Å². The zero-order valence-electron chi connectivity index (χ0n) is 18.7. The van der Waals surface area contributed by atoms with E-state index in [4.69, 9.17) is 4.74 Å². The van der Waals surface area contributed by atoms with Gasteiger partial charge in [-0.15, -0.1) is 0 Å². The van der Waals surface area contributed by atoms with Crippen molar-refractivity contribution >= 4 is 33.0 Å². The van der Waals surface area contributed by atoms with Gasteiger partial charge in [-0.25, -0.2) is 21.6 Å².